The third-order valence-electron chi connectivity index (χ3n) is 6.55. The van der Waals surface area contributed by atoms with Gasteiger partial charge in [-0.2, -0.15) is 5.10 Å². The van der Waals surface area contributed by atoms with Gasteiger partial charge < -0.3 is 15.5 Å². The van der Waals surface area contributed by atoms with Crippen LogP contribution in [0.15, 0.2) is 41.5 Å². The molecule has 0 radical (unpaired) electrons. The van der Waals surface area contributed by atoms with Gasteiger partial charge in [-0.05, 0) is 31.4 Å². The van der Waals surface area contributed by atoms with Crippen molar-refractivity contribution in [2.24, 2.45) is 10.5 Å². The van der Waals surface area contributed by atoms with Gasteiger partial charge in [0.2, 0.25) is 0 Å². The van der Waals surface area contributed by atoms with E-state index in [1.807, 2.05) is 0 Å². The van der Waals surface area contributed by atoms with E-state index in [0.29, 0.717) is 0 Å². The summed E-state index contributed by atoms with van der Waals surface area (Å²) >= 11 is 0. The zero-order valence-corrected chi connectivity index (χ0v) is 15.8. The van der Waals surface area contributed by atoms with Crippen molar-refractivity contribution in [1.82, 2.24) is 15.3 Å². The van der Waals surface area contributed by atoms with Crippen LogP contribution >= 0.6 is 0 Å². The summed E-state index contributed by atoms with van der Waals surface area (Å²) in [5, 5.41) is 13.5. The van der Waals surface area contributed by atoms with E-state index >= 15 is 0 Å². The van der Waals surface area contributed by atoms with E-state index in [-0.39, 0.29) is 18.0 Å². The minimum Gasteiger partial charge on any atom is -0.379 e. The molecule has 144 valence electrons. The highest BCUT2D eigenvalue weighted by molar-refractivity contribution is 6.26. The fourth-order valence-electron chi connectivity index (χ4n) is 4.88. The largest absolute Gasteiger partial charge is 0.379 e. The predicted octanol–water partition coefficient (Wildman–Crippen LogP) is 1.50. The number of piperazine rings is 1. The summed E-state index contributed by atoms with van der Waals surface area (Å²) in [5.41, 5.74) is 2.22. The summed E-state index contributed by atoms with van der Waals surface area (Å²) in [4.78, 5) is 20.7. The van der Waals surface area contributed by atoms with Crippen LogP contribution in [0.2, 0.25) is 0 Å². The Hall–Kier alpha value is -2.67. The number of hydrogen-bond acceptors (Lipinski definition) is 6. The van der Waals surface area contributed by atoms with Crippen LogP contribution in [-0.4, -0.2) is 59.9 Å². The molecule has 1 saturated carbocycles. The topological polar surface area (TPSA) is 72.9 Å². The van der Waals surface area contributed by atoms with E-state index in [1.165, 1.54) is 0 Å². The molecule has 1 aromatic rings. The maximum atomic E-state index is 13.4. The van der Waals surface area contributed by atoms with Crippen LogP contribution < -0.4 is 15.5 Å². The molecule has 1 amide bonds. The van der Waals surface area contributed by atoms with Crippen molar-refractivity contribution in [3.05, 3.63) is 42.1 Å². The minimum atomic E-state index is -0.508. The summed E-state index contributed by atoms with van der Waals surface area (Å²) < 4.78 is 0. The second kappa shape index (κ2) is 5.91. The van der Waals surface area contributed by atoms with Crippen molar-refractivity contribution < 1.29 is 4.79 Å². The number of hydrogen-bond donors (Lipinski definition) is 2. The van der Waals surface area contributed by atoms with Crippen LogP contribution in [0.25, 0.3) is 0 Å². The molecular weight excluding hydrogens is 352 g/mol. The Morgan fingerprint density at radius 3 is 2.93 bits per heavy atom. The van der Waals surface area contributed by atoms with Gasteiger partial charge in [0, 0.05) is 32.2 Å². The van der Waals surface area contributed by atoms with Crippen LogP contribution in [0.1, 0.15) is 25.0 Å². The van der Waals surface area contributed by atoms with E-state index in [0.717, 1.165) is 68.4 Å². The highest BCUT2D eigenvalue weighted by Gasteiger charge is 2.71. The van der Waals surface area contributed by atoms with Crippen LogP contribution in [-0.2, 0) is 4.79 Å². The molecule has 3 unspecified atom stereocenters. The van der Waals surface area contributed by atoms with Crippen LogP contribution in [0.4, 0.5) is 11.5 Å². The van der Waals surface area contributed by atoms with Gasteiger partial charge in [0.05, 0.1) is 11.7 Å². The van der Waals surface area contributed by atoms with E-state index in [2.05, 4.69) is 52.0 Å². The molecule has 3 aliphatic heterocycles. The van der Waals surface area contributed by atoms with Gasteiger partial charge in [0.25, 0.3) is 5.91 Å². The first-order valence-electron chi connectivity index (χ1n) is 10.3. The molecule has 7 heteroatoms. The third kappa shape index (κ3) is 2.22. The van der Waals surface area contributed by atoms with Crippen molar-refractivity contribution in [1.29, 1.82) is 0 Å². The van der Waals surface area contributed by atoms with E-state index < -0.39 is 5.41 Å². The quantitative estimate of drug-likeness (QED) is 0.766. The number of hydrazone groups is 1. The Labute approximate surface area is 164 Å². The number of pyridine rings is 1. The lowest BCUT2D eigenvalue weighted by molar-refractivity contribution is -0.134. The normalized spacial score (nSPS) is 32.9. The molecule has 0 aromatic carbocycles. The number of carbonyl (C=O) groups excluding carboxylic acids is 1. The SMILES string of the molecule is O=C1N(C2C=CCC=CC2)N=C2c3nc(N4CCNCC4)ccc3NC3CC123. The van der Waals surface area contributed by atoms with Crippen LogP contribution in [0.3, 0.4) is 0 Å². The summed E-state index contributed by atoms with van der Waals surface area (Å²) in [6.45, 7) is 3.84. The number of allylic oxidation sites excluding steroid dienone is 2. The molecule has 5 aliphatic rings. The number of carbonyl (C=O) groups is 1. The zero-order valence-electron chi connectivity index (χ0n) is 15.8. The number of rotatable bonds is 2. The summed E-state index contributed by atoms with van der Waals surface area (Å²) in [6.07, 6.45) is 11.1. The molecule has 6 rings (SSSR count). The molecular formula is C21H24N6O. The number of aromatic nitrogens is 1. The van der Waals surface area contributed by atoms with E-state index in [1.54, 1.807) is 5.01 Å². The lowest BCUT2D eigenvalue weighted by Gasteiger charge is -2.30. The van der Waals surface area contributed by atoms with E-state index in [4.69, 9.17) is 10.1 Å². The van der Waals surface area contributed by atoms with Crippen molar-refractivity contribution in [3.8, 4) is 0 Å². The Morgan fingerprint density at radius 1 is 1.14 bits per heavy atom. The number of fused-ring (bicyclic) bond motifs is 2. The third-order valence-corrected chi connectivity index (χ3v) is 6.55. The molecule has 2 fully saturated rings. The molecule has 0 bridgehead atoms. The summed E-state index contributed by atoms with van der Waals surface area (Å²) in [5.74, 6) is 1.10. The van der Waals surface area contributed by atoms with Gasteiger partial charge in [0.15, 0.2) is 0 Å². The maximum Gasteiger partial charge on any atom is 0.257 e. The zero-order chi connectivity index (χ0) is 18.7. The molecule has 2 N–H and O–H groups in total. The number of anilines is 2. The second-order valence-electron chi connectivity index (χ2n) is 8.21. The van der Waals surface area contributed by atoms with Gasteiger partial charge in [-0.3, -0.25) is 4.79 Å². The lowest BCUT2D eigenvalue weighted by atomic mass is 9.92. The van der Waals surface area contributed by atoms with E-state index in [9.17, 15) is 4.79 Å². The Bertz CT molecular complexity index is 931. The van der Waals surface area contributed by atoms with Crippen molar-refractivity contribution in [3.63, 3.8) is 0 Å². The Morgan fingerprint density at radius 2 is 2.04 bits per heavy atom. The fraction of sp³-hybridized carbons (Fsp3) is 0.476. The Balaban J connectivity index is 1.40. The van der Waals surface area contributed by atoms with Crippen molar-refractivity contribution in [2.45, 2.75) is 31.3 Å². The molecule has 3 atom stereocenters. The monoisotopic (exact) mass is 376 g/mol. The van der Waals surface area contributed by atoms with Crippen molar-refractivity contribution >= 4 is 23.1 Å². The maximum absolute atomic E-state index is 13.4. The number of nitrogens with one attached hydrogen (secondary N) is 2. The van der Waals surface area contributed by atoms with Gasteiger partial charge in [-0.15, -0.1) is 0 Å². The first-order valence-corrected chi connectivity index (χ1v) is 10.3. The number of nitrogens with zero attached hydrogens (tertiary/aromatic N) is 4. The second-order valence-corrected chi connectivity index (χ2v) is 8.21. The lowest BCUT2D eigenvalue weighted by Crippen LogP contribution is -2.44. The van der Waals surface area contributed by atoms with Crippen LogP contribution in [0.5, 0.6) is 0 Å². The average Bonchev–Trinajstić information content (AvgIpc) is 3.46. The van der Waals surface area contributed by atoms with Crippen LogP contribution in [0, 0.1) is 5.41 Å². The smallest absolute Gasteiger partial charge is 0.257 e. The minimum absolute atomic E-state index is 0.000207. The first kappa shape index (κ1) is 16.3. The molecule has 28 heavy (non-hydrogen) atoms. The summed E-state index contributed by atoms with van der Waals surface area (Å²) in [7, 11) is 0. The van der Waals surface area contributed by atoms with Gasteiger partial charge in [-0.25, -0.2) is 9.99 Å². The average molecular weight is 376 g/mol. The molecule has 7 nitrogen and oxygen atoms in total. The molecule has 1 spiro atoms. The van der Waals surface area contributed by atoms with Gasteiger partial charge in [-0.1, -0.05) is 24.3 Å². The predicted molar refractivity (Wildman–Crippen MR) is 108 cm³/mol. The molecule has 4 heterocycles. The molecule has 1 aromatic heterocycles. The molecule has 1 saturated heterocycles. The summed E-state index contributed by atoms with van der Waals surface area (Å²) in [6, 6.07) is 4.33. The standard InChI is InChI=1S/C21H24N6O/c28-20-21-13-16(21)23-15-7-8-17(26-11-9-22-10-12-26)24-18(15)19(21)25-27(20)14-5-3-1-2-4-6-14/h1,3-4,6-8,14,16,22-23H,2,5,9-13H2. The molecule has 2 aliphatic carbocycles. The number of amides is 1. The highest BCUT2D eigenvalue weighted by atomic mass is 16.2. The Kier molecular flexibility index (Phi) is 3.44. The van der Waals surface area contributed by atoms with Gasteiger partial charge in [0.1, 0.15) is 22.6 Å². The van der Waals surface area contributed by atoms with Gasteiger partial charge >= 0.3 is 0 Å². The highest BCUT2D eigenvalue weighted by Crippen LogP contribution is 2.58. The van der Waals surface area contributed by atoms with Crippen molar-refractivity contribution in [2.75, 3.05) is 36.4 Å². The fourth-order valence-corrected chi connectivity index (χ4v) is 4.88. The first-order chi connectivity index (χ1) is 13.8.